The van der Waals surface area contributed by atoms with Crippen molar-refractivity contribution in [1.82, 2.24) is 4.57 Å². The molecule has 0 saturated carbocycles. The zero-order valence-electron chi connectivity index (χ0n) is 14.9. The lowest BCUT2D eigenvalue weighted by atomic mass is 10.2. The molecule has 0 aliphatic heterocycles. The summed E-state index contributed by atoms with van der Waals surface area (Å²) < 4.78 is 17.1. The average Bonchev–Trinajstić information content (AvgIpc) is 2.96. The van der Waals surface area contributed by atoms with Gasteiger partial charge >= 0.3 is 11.8 Å². The number of oxazole rings is 1. The fourth-order valence-electron chi connectivity index (χ4n) is 2.64. The number of nitrogens with zero attached hydrogens (tertiary/aromatic N) is 1. The van der Waals surface area contributed by atoms with Crippen LogP contribution in [-0.2, 0) is 6.54 Å². The van der Waals surface area contributed by atoms with Crippen molar-refractivity contribution in [2.24, 2.45) is 0 Å². The van der Waals surface area contributed by atoms with Crippen molar-refractivity contribution in [3.8, 4) is 11.5 Å². The molecule has 0 bridgehead atoms. The van der Waals surface area contributed by atoms with E-state index in [1.165, 1.54) is 18.8 Å². The smallest absolute Gasteiger partial charge is 0.420 e. The molecule has 1 aromatic heterocycles. The van der Waals surface area contributed by atoms with Gasteiger partial charge in [0.2, 0.25) is 0 Å². The third-order valence-electron chi connectivity index (χ3n) is 3.89. The molecule has 0 fully saturated rings. The summed E-state index contributed by atoms with van der Waals surface area (Å²) in [6.45, 7) is 3.96. The molecule has 1 heterocycles. The number of amides is 2. The predicted octanol–water partition coefficient (Wildman–Crippen LogP) is 3.44. The number of ether oxygens (including phenoxy) is 2. The van der Waals surface area contributed by atoms with E-state index >= 15 is 0 Å². The molecule has 2 amide bonds. The number of anilines is 2. The van der Waals surface area contributed by atoms with Crippen LogP contribution in [0.4, 0.5) is 16.2 Å². The number of fused-ring (bicyclic) bond motifs is 1. The topological polar surface area (TPSA) is 94.7 Å². The summed E-state index contributed by atoms with van der Waals surface area (Å²) in [5.41, 5.74) is 1.93. The van der Waals surface area contributed by atoms with Gasteiger partial charge in [0.15, 0.2) is 5.58 Å². The summed E-state index contributed by atoms with van der Waals surface area (Å²) in [5, 5.41) is 5.40. The highest BCUT2D eigenvalue weighted by molar-refractivity contribution is 6.01. The summed E-state index contributed by atoms with van der Waals surface area (Å²) in [6.07, 6.45) is 1.61. The van der Waals surface area contributed by atoms with Crippen LogP contribution in [0.15, 0.2) is 58.3 Å². The third kappa shape index (κ3) is 3.79. The Labute approximate surface area is 155 Å². The van der Waals surface area contributed by atoms with Crippen LogP contribution in [-0.4, -0.2) is 24.8 Å². The van der Waals surface area contributed by atoms with Gasteiger partial charge in [-0.15, -0.1) is 6.58 Å². The van der Waals surface area contributed by atoms with Crippen LogP contribution in [0.3, 0.4) is 0 Å². The van der Waals surface area contributed by atoms with Crippen LogP contribution in [0.25, 0.3) is 11.1 Å². The Bertz CT molecular complexity index is 1050. The second-order valence-electron chi connectivity index (χ2n) is 5.60. The molecule has 140 valence electrons. The standard InChI is InChI=1S/C19H19N3O5/c1-4-9-22-15-7-5-12(10-17(15)27-19(22)24)20-18(23)21-14-11-13(25-2)6-8-16(14)26-3/h4-8,10-11H,1,9H2,2-3H3,(H2,20,21,23). The highest BCUT2D eigenvalue weighted by atomic mass is 16.5. The lowest BCUT2D eigenvalue weighted by Gasteiger charge is -2.12. The molecular formula is C19H19N3O5. The molecule has 0 aliphatic carbocycles. The Kier molecular flexibility index (Phi) is 5.16. The molecule has 0 saturated heterocycles. The molecule has 0 aliphatic rings. The molecule has 0 spiro atoms. The number of hydrogen-bond donors (Lipinski definition) is 2. The first-order chi connectivity index (χ1) is 13.0. The largest absolute Gasteiger partial charge is 0.497 e. The Morgan fingerprint density at radius 2 is 2.00 bits per heavy atom. The highest BCUT2D eigenvalue weighted by Crippen LogP contribution is 2.29. The van der Waals surface area contributed by atoms with Gasteiger partial charge in [-0.1, -0.05) is 6.08 Å². The highest BCUT2D eigenvalue weighted by Gasteiger charge is 2.12. The summed E-state index contributed by atoms with van der Waals surface area (Å²) in [5.74, 6) is 0.597. The van der Waals surface area contributed by atoms with Gasteiger partial charge in [0.25, 0.3) is 0 Å². The summed E-state index contributed by atoms with van der Waals surface area (Å²) in [7, 11) is 3.04. The van der Waals surface area contributed by atoms with E-state index in [-0.39, 0.29) is 0 Å². The van der Waals surface area contributed by atoms with Crippen molar-refractivity contribution in [1.29, 1.82) is 0 Å². The lowest BCUT2D eigenvalue weighted by Crippen LogP contribution is -2.19. The third-order valence-corrected chi connectivity index (χ3v) is 3.89. The maximum Gasteiger partial charge on any atom is 0.420 e. The van der Waals surface area contributed by atoms with Gasteiger partial charge in [-0.2, -0.15) is 0 Å². The molecular weight excluding hydrogens is 350 g/mol. The van der Waals surface area contributed by atoms with Gasteiger partial charge in [0, 0.05) is 24.4 Å². The number of methoxy groups -OCH3 is 2. The quantitative estimate of drug-likeness (QED) is 0.649. The van der Waals surface area contributed by atoms with Crippen molar-refractivity contribution < 1.29 is 18.7 Å². The molecule has 3 rings (SSSR count). The van der Waals surface area contributed by atoms with Crippen molar-refractivity contribution in [3.05, 3.63) is 59.6 Å². The van der Waals surface area contributed by atoms with Crippen LogP contribution in [0.2, 0.25) is 0 Å². The molecule has 8 heteroatoms. The zero-order chi connectivity index (χ0) is 19.4. The number of nitrogens with one attached hydrogen (secondary N) is 2. The average molecular weight is 369 g/mol. The predicted molar refractivity (Wildman–Crippen MR) is 103 cm³/mol. The number of allylic oxidation sites excluding steroid dienone is 1. The monoisotopic (exact) mass is 369 g/mol. The van der Waals surface area contributed by atoms with Crippen LogP contribution < -0.4 is 25.9 Å². The maximum atomic E-state index is 12.3. The number of carbonyl (C=O) groups excluding carboxylic acids is 1. The second-order valence-corrected chi connectivity index (χ2v) is 5.60. The second kappa shape index (κ2) is 7.69. The Morgan fingerprint density at radius 3 is 2.70 bits per heavy atom. The zero-order valence-corrected chi connectivity index (χ0v) is 14.9. The van der Waals surface area contributed by atoms with E-state index in [4.69, 9.17) is 13.9 Å². The number of rotatable bonds is 6. The molecule has 2 N–H and O–H groups in total. The minimum absolute atomic E-state index is 0.342. The van der Waals surface area contributed by atoms with Crippen molar-refractivity contribution in [3.63, 3.8) is 0 Å². The van der Waals surface area contributed by atoms with E-state index in [2.05, 4.69) is 17.2 Å². The van der Waals surface area contributed by atoms with E-state index in [9.17, 15) is 9.59 Å². The van der Waals surface area contributed by atoms with Gasteiger partial charge in [0.1, 0.15) is 11.5 Å². The summed E-state index contributed by atoms with van der Waals surface area (Å²) in [4.78, 5) is 24.2. The molecule has 0 unspecified atom stereocenters. The first-order valence-electron chi connectivity index (χ1n) is 8.10. The fraction of sp³-hybridized carbons (Fsp3) is 0.158. The first-order valence-corrected chi connectivity index (χ1v) is 8.10. The normalized spacial score (nSPS) is 10.4. The fourth-order valence-corrected chi connectivity index (χ4v) is 2.64. The van der Waals surface area contributed by atoms with Crippen LogP contribution in [0.5, 0.6) is 11.5 Å². The first kappa shape index (κ1) is 18.1. The van der Waals surface area contributed by atoms with Gasteiger partial charge in [0.05, 0.1) is 25.4 Å². The minimum Gasteiger partial charge on any atom is -0.497 e. The summed E-state index contributed by atoms with van der Waals surface area (Å²) >= 11 is 0. The Morgan fingerprint density at radius 1 is 1.19 bits per heavy atom. The van der Waals surface area contributed by atoms with E-state index in [1.54, 1.807) is 42.5 Å². The number of hydrogen-bond acceptors (Lipinski definition) is 5. The summed E-state index contributed by atoms with van der Waals surface area (Å²) in [6, 6.07) is 9.55. The van der Waals surface area contributed by atoms with E-state index in [0.29, 0.717) is 40.5 Å². The Hall–Kier alpha value is -3.68. The molecule has 0 radical (unpaired) electrons. The molecule has 0 atom stereocenters. The van der Waals surface area contributed by atoms with Gasteiger partial charge in [-0.3, -0.25) is 4.57 Å². The number of urea groups is 1. The van der Waals surface area contributed by atoms with Gasteiger partial charge in [-0.25, -0.2) is 9.59 Å². The van der Waals surface area contributed by atoms with Crippen LogP contribution in [0.1, 0.15) is 0 Å². The van der Waals surface area contributed by atoms with E-state index in [1.807, 2.05) is 0 Å². The van der Waals surface area contributed by atoms with Crippen molar-refractivity contribution in [2.75, 3.05) is 24.9 Å². The number of benzene rings is 2. The van der Waals surface area contributed by atoms with Crippen molar-refractivity contribution >= 4 is 28.5 Å². The number of carbonyl (C=O) groups is 1. The molecule has 27 heavy (non-hydrogen) atoms. The number of aromatic nitrogens is 1. The Balaban J connectivity index is 1.80. The maximum absolute atomic E-state index is 12.3. The molecule has 8 nitrogen and oxygen atoms in total. The molecule has 2 aromatic carbocycles. The molecule has 3 aromatic rings. The minimum atomic E-state index is -0.479. The van der Waals surface area contributed by atoms with Crippen LogP contribution in [0, 0.1) is 0 Å². The SMILES string of the molecule is C=CCn1c(=O)oc2cc(NC(=O)Nc3cc(OC)ccc3OC)ccc21. The van der Waals surface area contributed by atoms with Gasteiger partial charge in [-0.05, 0) is 24.3 Å². The van der Waals surface area contributed by atoms with Gasteiger partial charge < -0.3 is 24.5 Å². The lowest BCUT2D eigenvalue weighted by molar-refractivity contribution is 0.262. The van der Waals surface area contributed by atoms with Crippen LogP contribution >= 0.6 is 0 Å². The van der Waals surface area contributed by atoms with Crippen molar-refractivity contribution in [2.45, 2.75) is 6.54 Å². The van der Waals surface area contributed by atoms with E-state index in [0.717, 1.165) is 0 Å². The van der Waals surface area contributed by atoms with E-state index < -0.39 is 11.8 Å².